The lowest BCUT2D eigenvalue weighted by Gasteiger charge is -2.37. The molecule has 56 heavy (non-hydrogen) atoms. The van der Waals surface area contributed by atoms with Crippen LogP contribution in [0.5, 0.6) is 5.75 Å². The van der Waals surface area contributed by atoms with Crippen molar-refractivity contribution in [2.75, 3.05) is 49.8 Å². The van der Waals surface area contributed by atoms with Gasteiger partial charge < -0.3 is 19.3 Å². The number of anilines is 1. The zero-order valence-electron chi connectivity index (χ0n) is 32.1. The molecule has 0 amide bonds. The minimum atomic E-state index is -5.14. The van der Waals surface area contributed by atoms with Crippen molar-refractivity contribution < 1.29 is 53.8 Å². The van der Waals surface area contributed by atoms with Crippen molar-refractivity contribution in [2.24, 2.45) is 11.8 Å². The van der Waals surface area contributed by atoms with Crippen LogP contribution in [-0.4, -0.2) is 71.9 Å². The molecule has 0 N–H and O–H groups in total. The van der Waals surface area contributed by atoms with Crippen molar-refractivity contribution in [3.05, 3.63) is 82.9 Å². The number of carbonyl (C=O) groups excluding carboxylic acids is 1. The number of ether oxygens (including phenoxy) is 2. The van der Waals surface area contributed by atoms with Gasteiger partial charge in [-0.1, -0.05) is 12.7 Å². The van der Waals surface area contributed by atoms with E-state index in [1.165, 1.54) is 42.9 Å². The average molecular weight is 825 g/mol. The molecule has 1 aliphatic rings. The average Bonchev–Trinajstić information content (AvgIpc) is 3.13. The number of rotatable bonds is 18. The number of halogens is 9. The highest BCUT2D eigenvalue weighted by atomic mass is 32.2. The van der Waals surface area contributed by atoms with Crippen LogP contribution in [0.1, 0.15) is 82.5 Å². The first-order valence-electron chi connectivity index (χ1n) is 18.2. The van der Waals surface area contributed by atoms with Crippen molar-refractivity contribution in [3.8, 4) is 5.75 Å². The zero-order chi connectivity index (χ0) is 41.8. The minimum Gasteiger partial charge on any atom is -0.489 e. The van der Waals surface area contributed by atoms with Gasteiger partial charge in [-0.05, 0) is 107 Å². The molecule has 7 nitrogen and oxygen atoms in total. The van der Waals surface area contributed by atoms with E-state index in [-0.39, 0.29) is 53.4 Å². The van der Waals surface area contributed by atoms with E-state index in [1.807, 2.05) is 11.2 Å². The third-order valence-corrected chi connectivity index (χ3v) is 10.2. The lowest BCUT2D eigenvalue weighted by Crippen LogP contribution is -2.36. The molecule has 17 heteroatoms. The fourth-order valence-electron chi connectivity index (χ4n) is 6.50. The summed E-state index contributed by atoms with van der Waals surface area (Å²) in [6, 6.07) is -0.165. The fourth-order valence-corrected chi connectivity index (χ4v) is 6.75. The Morgan fingerprint density at radius 1 is 0.964 bits per heavy atom. The Morgan fingerprint density at radius 2 is 1.54 bits per heavy atom. The summed E-state index contributed by atoms with van der Waals surface area (Å²) in [5, 5.41) is 0. The van der Waals surface area contributed by atoms with Crippen LogP contribution in [0.3, 0.4) is 0 Å². The molecule has 1 aromatic carbocycles. The van der Waals surface area contributed by atoms with Crippen molar-refractivity contribution in [1.29, 1.82) is 0 Å². The highest BCUT2D eigenvalue weighted by Gasteiger charge is 2.39. The van der Waals surface area contributed by atoms with Gasteiger partial charge in [0, 0.05) is 37.5 Å². The molecule has 3 rings (SSSR count). The third kappa shape index (κ3) is 13.6. The van der Waals surface area contributed by atoms with E-state index in [0.29, 0.717) is 44.0 Å². The first-order valence-corrected chi connectivity index (χ1v) is 19.6. The second-order valence-electron chi connectivity index (χ2n) is 13.5. The highest BCUT2D eigenvalue weighted by Crippen LogP contribution is 2.40. The number of hydrogen-bond donors (Lipinski definition) is 0. The molecule has 0 bridgehead atoms. The second-order valence-corrected chi connectivity index (χ2v) is 14.5. The fraction of sp³-hybridized carbons (Fsp3) is 0.564. The van der Waals surface area contributed by atoms with Gasteiger partial charge >= 0.3 is 24.5 Å². The number of benzene rings is 1. The van der Waals surface area contributed by atoms with Crippen molar-refractivity contribution in [1.82, 2.24) is 14.9 Å². The van der Waals surface area contributed by atoms with Crippen molar-refractivity contribution in [2.45, 2.75) is 84.4 Å². The number of hydrogen-bond acceptors (Lipinski definition) is 8. The summed E-state index contributed by atoms with van der Waals surface area (Å²) in [4.78, 5) is 23.7. The Balaban J connectivity index is 2.10. The molecule has 1 saturated carbocycles. The van der Waals surface area contributed by atoms with E-state index >= 15 is 0 Å². The summed E-state index contributed by atoms with van der Waals surface area (Å²) in [6.45, 7) is 11.1. The molecular weight excluding hydrogens is 776 g/mol. The summed E-state index contributed by atoms with van der Waals surface area (Å²) < 4.78 is 137. The molecule has 1 unspecified atom stereocenters. The molecule has 0 saturated heterocycles. The second kappa shape index (κ2) is 20.5. The Morgan fingerprint density at radius 3 is 2.02 bits per heavy atom. The normalized spacial score (nSPS) is 17.7. The van der Waals surface area contributed by atoms with Gasteiger partial charge in [0.2, 0.25) is 5.95 Å². The first kappa shape index (κ1) is 46.5. The number of allylic oxidation sites excluding steroid dienone is 3. The van der Waals surface area contributed by atoms with Gasteiger partial charge in [0.05, 0.1) is 48.3 Å². The molecule has 1 heterocycles. The first-order chi connectivity index (χ1) is 26.2. The van der Waals surface area contributed by atoms with Crippen molar-refractivity contribution in [3.63, 3.8) is 0 Å². The maximum absolute atomic E-state index is 14.3. The van der Waals surface area contributed by atoms with Crippen LogP contribution in [0, 0.1) is 11.8 Å². The molecule has 0 aliphatic heterocycles. The highest BCUT2D eigenvalue weighted by molar-refractivity contribution is 7.98. The van der Waals surface area contributed by atoms with Crippen molar-refractivity contribution >= 4 is 23.7 Å². The van der Waals surface area contributed by atoms with Crippen LogP contribution in [0.2, 0.25) is 0 Å². The van der Waals surface area contributed by atoms with E-state index < -0.39 is 53.4 Å². The lowest BCUT2D eigenvalue weighted by molar-refractivity contribution is -0.145. The third-order valence-electron chi connectivity index (χ3n) is 9.64. The molecule has 1 atom stereocenters. The van der Waals surface area contributed by atoms with Gasteiger partial charge in [-0.25, -0.2) is 9.97 Å². The van der Waals surface area contributed by atoms with E-state index in [4.69, 9.17) is 9.47 Å². The van der Waals surface area contributed by atoms with Crippen LogP contribution < -0.4 is 9.64 Å². The maximum atomic E-state index is 14.3. The standard InChI is InChI=1S/C39H49F9N4O3S/c1-7-31(37(40,41)42)19-30(25(4)51(8-2)23-28-12-10-27(11-13-28)16-35(53)54-9-3)24-52(36-49-21-34(22-50-36)55-14-15-56-6)26(5)29-17-32(38(43,44)45)20-33(18-29)39(46,47)48/h7,17-22,26-28H,4,8-16,23-24H2,1-3,5-6H3/b30-19-,31-7+. The minimum absolute atomic E-state index is 0.00737. The SMILES string of the molecule is C=C(/C(=C\C(=C/C)C(F)(F)F)CN(c1ncc(OCCSC)cn1)C(C)c1cc(C(F)(F)F)cc(C(F)(F)F)c1)N(CC)CC1CCC(CC(=O)OCC)CC1. The van der Waals surface area contributed by atoms with Gasteiger partial charge in [-0.15, -0.1) is 0 Å². The Hall–Kier alpha value is -3.89. The summed E-state index contributed by atoms with van der Waals surface area (Å²) in [5.74, 6) is 0.673. The molecule has 1 aromatic heterocycles. The Labute approximate surface area is 326 Å². The van der Waals surface area contributed by atoms with Gasteiger partial charge in [-0.2, -0.15) is 51.3 Å². The number of aromatic nitrogens is 2. The number of nitrogens with zero attached hydrogens (tertiary/aromatic N) is 4. The predicted molar refractivity (Wildman–Crippen MR) is 199 cm³/mol. The van der Waals surface area contributed by atoms with E-state index in [9.17, 15) is 44.3 Å². The van der Waals surface area contributed by atoms with Crippen LogP contribution in [0.25, 0.3) is 0 Å². The topological polar surface area (TPSA) is 67.8 Å². The van der Waals surface area contributed by atoms with Gasteiger partial charge in [0.15, 0.2) is 5.75 Å². The molecule has 2 aromatic rings. The summed E-state index contributed by atoms with van der Waals surface area (Å²) >= 11 is 1.52. The Bertz CT molecular complexity index is 1620. The van der Waals surface area contributed by atoms with Crippen LogP contribution in [-0.2, 0) is 21.9 Å². The van der Waals surface area contributed by atoms with Gasteiger partial charge in [0.1, 0.15) is 0 Å². The molecule has 1 aliphatic carbocycles. The molecule has 312 valence electrons. The monoisotopic (exact) mass is 824 g/mol. The lowest BCUT2D eigenvalue weighted by atomic mass is 9.80. The number of esters is 1. The molecular formula is C39H49F9N4O3S. The Kier molecular flexibility index (Phi) is 17.0. The van der Waals surface area contributed by atoms with Gasteiger partial charge in [-0.3, -0.25) is 4.79 Å². The summed E-state index contributed by atoms with van der Waals surface area (Å²) in [7, 11) is 0. The van der Waals surface area contributed by atoms with Gasteiger partial charge in [0.25, 0.3) is 0 Å². The molecule has 1 fully saturated rings. The number of thioether (sulfide) groups is 1. The summed E-state index contributed by atoms with van der Waals surface area (Å²) in [5.41, 5.74) is -4.37. The zero-order valence-corrected chi connectivity index (χ0v) is 32.9. The maximum Gasteiger partial charge on any atom is 0.416 e. The largest absolute Gasteiger partial charge is 0.489 e. The number of likely N-dealkylation sites (N-methyl/N-ethyl adjacent to an activating group) is 1. The van der Waals surface area contributed by atoms with Crippen LogP contribution >= 0.6 is 11.8 Å². The van der Waals surface area contributed by atoms with Crippen LogP contribution in [0.15, 0.2) is 66.2 Å². The van der Waals surface area contributed by atoms with E-state index in [2.05, 4.69) is 16.5 Å². The van der Waals surface area contributed by atoms with Crippen LogP contribution in [0.4, 0.5) is 45.5 Å². The quantitative estimate of drug-likeness (QED) is 0.0637. The van der Waals surface area contributed by atoms with E-state index in [0.717, 1.165) is 37.8 Å². The smallest absolute Gasteiger partial charge is 0.416 e. The summed E-state index contributed by atoms with van der Waals surface area (Å²) in [6.07, 6.45) is -5.62. The number of carbonyl (C=O) groups is 1. The number of alkyl halides is 9. The van der Waals surface area contributed by atoms with E-state index in [1.54, 1.807) is 13.8 Å². The molecule has 0 spiro atoms. The predicted octanol–water partition coefficient (Wildman–Crippen LogP) is 10.9. The molecule has 0 radical (unpaired) electrons.